The molecule has 0 aliphatic heterocycles. The van der Waals surface area contributed by atoms with Gasteiger partial charge in [0.2, 0.25) is 0 Å². The highest BCUT2D eigenvalue weighted by Crippen LogP contribution is 2.34. The fourth-order valence-corrected chi connectivity index (χ4v) is 2.58. The Labute approximate surface area is 104 Å². The van der Waals surface area contributed by atoms with Crippen molar-refractivity contribution >= 4 is 33.2 Å². The molecule has 0 aliphatic carbocycles. The molecule has 4 nitrogen and oxygen atoms in total. The second-order valence-electron chi connectivity index (χ2n) is 4.40. The average Bonchev–Trinajstić information content (AvgIpc) is 2.65. The van der Waals surface area contributed by atoms with Crippen molar-refractivity contribution in [2.75, 3.05) is 18.1 Å². The first-order valence-corrected chi connectivity index (χ1v) is 5.89. The molecule has 0 amide bonds. The fraction of sp³-hybridized carbons (Fsp3) is 0.143. The maximum Gasteiger partial charge on any atom is 0.0727 e. The normalized spacial score (nSPS) is 11.4. The zero-order valence-corrected chi connectivity index (χ0v) is 9.93. The average molecular weight is 241 g/mol. The van der Waals surface area contributed by atoms with Gasteiger partial charge in [0.25, 0.3) is 0 Å². The minimum absolute atomic E-state index is 0.0809. The Kier molecular flexibility index (Phi) is 2.38. The summed E-state index contributed by atoms with van der Waals surface area (Å²) in [5.41, 5.74) is 15.2. The molecule has 4 heteroatoms. The molecule has 0 fully saturated rings. The Bertz CT molecular complexity index is 731. The Hall–Kier alpha value is -2.20. The van der Waals surface area contributed by atoms with Gasteiger partial charge in [0.1, 0.15) is 0 Å². The molecule has 0 aliphatic rings. The molecule has 0 radical (unpaired) electrons. The second-order valence-corrected chi connectivity index (χ2v) is 4.40. The molecule has 3 aromatic rings. The van der Waals surface area contributed by atoms with Crippen molar-refractivity contribution in [3.63, 3.8) is 0 Å². The standard InChI is InChI=1S/C14H15N3O/c15-9-7-11-10-3-1-2-4-13(10)17(5-6-18)14(11)12(16)8-9/h1-4,7-8,18H,5-6,15-16H2. The van der Waals surface area contributed by atoms with Crippen LogP contribution in [0.5, 0.6) is 0 Å². The summed E-state index contributed by atoms with van der Waals surface area (Å²) in [6.07, 6.45) is 0. The van der Waals surface area contributed by atoms with Crippen molar-refractivity contribution in [3.05, 3.63) is 36.4 Å². The summed E-state index contributed by atoms with van der Waals surface area (Å²) in [4.78, 5) is 0. The minimum atomic E-state index is 0.0809. The van der Waals surface area contributed by atoms with E-state index in [1.165, 1.54) is 0 Å². The van der Waals surface area contributed by atoms with E-state index in [0.29, 0.717) is 17.9 Å². The van der Waals surface area contributed by atoms with Crippen LogP contribution in [0.15, 0.2) is 36.4 Å². The number of hydrogen-bond acceptors (Lipinski definition) is 3. The van der Waals surface area contributed by atoms with Crippen LogP contribution in [0.3, 0.4) is 0 Å². The van der Waals surface area contributed by atoms with Gasteiger partial charge in [-0.05, 0) is 18.2 Å². The van der Waals surface area contributed by atoms with Gasteiger partial charge in [0, 0.05) is 28.5 Å². The third-order valence-electron chi connectivity index (χ3n) is 3.24. The lowest BCUT2D eigenvalue weighted by atomic mass is 10.1. The molecule has 1 aromatic heterocycles. The van der Waals surface area contributed by atoms with E-state index in [9.17, 15) is 5.11 Å². The van der Waals surface area contributed by atoms with Crippen molar-refractivity contribution in [1.29, 1.82) is 0 Å². The Morgan fingerprint density at radius 2 is 1.83 bits per heavy atom. The second kappa shape index (κ2) is 3.92. The summed E-state index contributed by atoms with van der Waals surface area (Å²) < 4.78 is 2.04. The van der Waals surface area contributed by atoms with Gasteiger partial charge in [-0.3, -0.25) is 0 Å². The highest BCUT2D eigenvalue weighted by Gasteiger charge is 2.12. The van der Waals surface area contributed by atoms with Crippen molar-refractivity contribution in [2.24, 2.45) is 0 Å². The van der Waals surface area contributed by atoms with Gasteiger partial charge in [-0.2, -0.15) is 0 Å². The van der Waals surface area contributed by atoms with Crippen LogP contribution in [-0.4, -0.2) is 16.3 Å². The molecule has 0 atom stereocenters. The third-order valence-corrected chi connectivity index (χ3v) is 3.24. The molecule has 1 heterocycles. The van der Waals surface area contributed by atoms with Crippen LogP contribution in [0, 0.1) is 0 Å². The highest BCUT2D eigenvalue weighted by molar-refractivity contribution is 6.12. The van der Waals surface area contributed by atoms with Crippen molar-refractivity contribution in [3.8, 4) is 0 Å². The fourth-order valence-electron chi connectivity index (χ4n) is 2.58. The Morgan fingerprint density at radius 3 is 2.61 bits per heavy atom. The maximum absolute atomic E-state index is 9.22. The zero-order valence-electron chi connectivity index (χ0n) is 9.93. The van der Waals surface area contributed by atoms with Gasteiger partial charge in [-0.25, -0.2) is 0 Å². The lowest BCUT2D eigenvalue weighted by Crippen LogP contribution is -2.03. The SMILES string of the molecule is Nc1cc(N)c2c(c1)c1ccccc1n2CCO. The lowest BCUT2D eigenvalue weighted by Gasteiger charge is -2.07. The minimum Gasteiger partial charge on any atom is -0.399 e. The van der Waals surface area contributed by atoms with E-state index >= 15 is 0 Å². The molecule has 0 saturated heterocycles. The number of aromatic nitrogens is 1. The van der Waals surface area contributed by atoms with Crippen LogP contribution in [0.4, 0.5) is 11.4 Å². The van der Waals surface area contributed by atoms with Crippen LogP contribution in [-0.2, 0) is 6.54 Å². The zero-order chi connectivity index (χ0) is 12.7. The van der Waals surface area contributed by atoms with E-state index in [1.807, 2.05) is 34.9 Å². The van der Waals surface area contributed by atoms with Gasteiger partial charge in [-0.1, -0.05) is 18.2 Å². The molecular weight excluding hydrogens is 226 g/mol. The van der Waals surface area contributed by atoms with Crippen molar-refractivity contribution in [2.45, 2.75) is 6.54 Å². The number of benzene rings is 2. The van der Waals surface area contributed by atoms with Gasteiger partial charge < -0.3 is 21.1 Å². The van der Waals surface area contributed by atoms with E-state index in [0.717, 1.165) is 21.8 Å². The molecule has 2 aromatic carbocycles. The molecule has 0 bridgehead atoms. The number of nitrogens with zero attached hydrogens (tertiary/aromatic N) is 1. The topological polar surface area (TPSA) is 77.2 Å². The highest BCUT2D eigenvalue weighted by atomic mass is 16.3. The van der Waals surface area contributed by atoms with Gasteiger partial charge >= 0.3 is 0 Å². The number of anilines is 2. The van der Waals surface area contributed by atoms with Crippen LogP contribution < -0.4 is 11.5 Å². The number of nitrogen functional groups attached to an aromatic ring is 2. The largest absolute Gasteiger partial charge is 0.399 e. The first-order chi connectivity index (χ1) is 8.72. The monoisotopic (exact) mass is 241 g/mol. The van der Waals surface area contributed by atoms with Gasteiger partial charge in [0.05, 0.1) is 17.8 Å². The molecular formula is C14H15N3O. The van der Waals surface area contributed by atoms with E-state index in [4.69, 9.17) is 11.5 Å². The van der Waals surface area contributed by atoms with Crippen LogP contribution in [0.1, 0.15) is 0 Å². The number of para-hydroxylation sites is 1. The van der Waals surface area contributed by atoms with Crippen LogP contribution >= 0.6 is 0 Å². The molecule has 0 saturated carbocycles. The smallest absolute Gasteiger partial charge is 0.0727 e. The maximum atomic E-state index is 9.22. The number of nitrogens with two attached hydrogens (primary N) is 2. The Balaban J connectivity index is 2.53. The number of rotatable bonds is 2. The summed E-state index contributed by atoms with van der Waals surface area (Å²) in [6.45, 7) is 0.607. The number of hydrogen-bond donors (Lipinski definition) is 3. The molecule has 0 unspecified atom stereocenters. The van der Waals surface area contributed by atoms with E-state index in [1.54, 1.807) is 6.07 Å². The summed E-state index contributed by atoms with van der Waals surface area (Å²) in [5.74, 6) is 0. The first-order valence-electron chi connectivity index (χ1n) is 5.89. The lowest BCUT2D eigenvalue weighted by molar-refractivity contribution is 0.280. The number of fused-ring (bicyclic) bond motifs is 3. The van der Waals surface area contributed by atoms with E-state index < -0.39 is 0 Å². The Morgan fingerprint density at radius 1 is 1.06 bits per heavy atom. The molecule has 92 valence electrons. The molecule has 18 heavy (non-hydrogen) atoms. The predicted molar refractivity (Wildman–Crippen MR) is 75.4 cm³/mol. The quantitative estimate of drug-likeness (QED) is 0.600. The molecule has 3 rings (SSSR count). The molecule has 0 spiro atoms. The van der Waals surface area contributed by atoms with Crippen LogP contribution in [0.2, 0.25) is 0 Å². The van der Waals surface area contributed by atoms with Crippen molar-refractivity contribution < 1.29 is 5.11 Å². The molecule has 5 N–H and O–H groups in total. The first kappa shape index (κ1) is 10.9. The van der Waals surface area contributed by atoms with E-state index in [-0.39, 0.29) is 6.61 Å². The van der Waals surface area contributed by atoms with Gasteiger partial charge in [-0.15, -0.1) is 0 Å². The number of aliphatic hydroxyl groups is 1. The summed E-state index contributed by atoms with van der Waals surface area (Å²) >= 11 is 0. The predicted octanol–water partition coefficient (Wildman–Crippen LogP) is 1.95. The van der Waals surface area contributed by atoms with Crippen LogP contribution in [0.25, 0.3) is 21.8 Å². The number of aliphatic hydroxyl groups excluding tert-OH is 1. The summed E-state index contributed by atoms with van der Waals surface area (Å²) in [6, 6.07) is 11.7. The van der Waals surface area contributed by atoms with Gasteiger partial charge in [0.15, 0.2) is 0 Å². The van der Waals surface area contributed by atoms with Crippen molar-refractivity contribution in [1.82, 2.24) is 4.57 Å². The summed E-state index contributed by atoms with van der Waals surface area (Å²) in [5, 5.41) is 11.4. The third kappa shape index (κ3) is 1.43. The summed E-state index contributed by atoms with van der Waals surface area (Å²) in [7, 11) is 0. The van der Waals surface area contributed by atoms with E-state index in [2.05, 4.69) is 0 Å².